The summed E-state index contributed by atoms with van der Waals surface area (Å²) < 4.78 is 13.6. The number of nitrogens with zero attached hydrogens (tertiary/aromatic N) is 5. The van der Waals surface area contributed by atoms with Crippen LogP contribution < -0.4 is 15.6 Å². The molecule has 5 rings (SSSR count). The minimum absolute atomic E-state index is 0.0686. The van der Waals surface area contributed by atoms with Crippen LogP contribution >= 0.6 is 0 Å². The van der Waals surface area contributed by atoms with E-state index < -0.39 is 0 Å². The number of rotatable bonds is 6. The van der Waals surface area contributed by atoms with Gasteiger partial charge in [-0.2, -0.15) is 4.98 Å². The molecule has 0 spiro atoms. The van der Waals surface area contributed by atoms with Gasteiger partial charge in [-0.25, -0.2) is 4.98 Å². The number of ether oxygens (including phenoxy) is 1. The van der Waals surface area contributed by atoms with Crippen LogP contribution in [0, 0.1) is 13.8 Å². The highest BCUT2D eigenvalue weighted by molar-refractivity contribution is 6.07. The molecule has 2 aromatic carbocycles. The van der Waals surface area contributed by atoms with Gasteiger partial charge in [-0.3, -0.25) is 14.2 Å². The second kappa shape index (κ2) is 8.47. The molecular formula is C24H22N6O4. The molecule has 10 nitrogen and oxygen atoms in total. The number of fused-ring (bicyclic) bond motifs is 3. The number of aryl methyl sites for hydroxylation is 2. The first kappa shape index (κ1) is 21.4. The van der Waals surface area contributed by atoms with Crippen LogP contribution in [0.4, 0.5) is 5.69 Å². The Morgan fingerprint density at radius 1 is 1.18 bits per heavy atom. The minimum atomic E-state index is -0.320. The fraction of sp³-hybridized carbons (Fsp3) is 0.208. The molecule has 0 bridgehead atoms. The Bertz CT molecular complexity index is 1600. The fourth-order valence-corrected chi connectivity index (χ4v) is 4.00. The number of nitrogens with one attached hydrogen (secondary N) is 1. The molecule has 0 fully saturated rings. The van der Waals surface area contributed by atoms with E-state index >= 15 is 0 Å². The normalized spacial score (nSPS) is 11.3. The second-order valence-electron chi connectivity index (χ2n) is 8.00. The standard InChI is InChI=1S/C24H22N6O4/c1-14-5-4-6-16(9-14)27-20(31)11-30-19-8-7-17(33-3)10-18(19)22-23(30)24(32)29(13-25-22)12-21-26-15(2)28-34-21/h4-10,13H,11-12H2,1-3H3,(H,27,31). The third kappa shape index (κ3) is 3.90. The molecule has 10 heteroatoms. The fourth-order valence-electron chi connectivity index (χ4n) is 4.00. The Morgan fingerprint density at radius 3 is 2.76 bits per heavy atom. The summed E-state index contributed by atoms with van der Waals surface area (Å²) in [7, 11) is 1.57. The van der Waals surface area contributed by atoms with Crippen LogP contribution in [0.3, 0.4) is 0 Å². The monoisotopic (exact) mass is 458 g/mol. The summed E-state index contributed by atoms with van der Waals surface area (Å²) in [6.45, 7) is 3.66. The third-order valence-corrected chi connectivity index (χ3v) is 5.51. The van der Waals surface area contributed by atoms with Gasteiger partial charge in [-0.05, 0) is 49.7 Å². The van der Waals surface area contributed by atoms with Gasteiger partial charge < -0.3 is 19.1 Å². The van der Waals surface area contributed by atoms with Crippen molar-refractivity contribution in [2.24, 2.45) is 0 Å². The van der Waals surface area contributed by atoms with Gasteiger partial charge in [0.05, 0.1) is 19.0 Å². The zero-order valence-electron chi connectivity index (χ0n) is 18.9. The molecule has 34 heavy (non-hydrogen) atoms. The summed E-state index contributed by atoms with van der Waals surface area (Å²) in [5.41, 5.74) is 2.90. The van der Waals surface area contributed by atoms with Crippen LogP contribution in [0.25, 0.3) is 21.9 Å². The van der Waals surface area contributed by atoms with E-state index in [2.05, 4.69) is 20.4 Å². The van der Waals surface area contributed by atoms with E-state index in [9.17, 15) is 9.59 Å². The Labute approximate surface area is 193 Å². The molecule has 3 heterocycles. The van der Waals surface area contributed by atoms with Crippen LogP contribution in [-0.2, 0) is 17.9 Å². The van der Waals surface area contributed by atoms with Crippen LogP contribution in [0.5, 0.6) is 5.75 Å². The van der Waals surface area contributed by atoms with Crippen molar-refractivity contribution in [3.8, 4) is 5.75 Å². The Morgan fingerprint density at radius 2 is 2.03 bits per heavy atom. The van der Waals surface area contributed by atoms with Crippen molar-refractivity contribution in [3.05, 3.63) is 76.4 Å². The zero-order valence-corrected chi connectivity index (χ0v) is 18.9. The van der Waals surface area contributed by atoms with E-state index in [1.54, 1.807) is 24.7 Å². The molecule has 3 aromatic heterocycles. The molecule has 0 aliphatic carbocycles. The molecule has 0 unspecified atom stereocenters. The van der Waals surface area contributed by atoms with Gasteiger partial charge in [0.2, 0.25) is 11.8 Å². The number of aromatic nitrogens is 5. The number of carbonyl (C=O) groups is 1. The molecule has 5 aromatic rings. The SMILES string of the molecule is COc1ccc2c(c1)c1ncn(Cc3nc(C)no3)c(=O)c1n2CC(=O)Nc1cccc(C)c1. The lowest BCUT2D eigenvalue weighted by Crippen LogP contribution is -2.25. The summed E-state index contributed by atoms with van der Waals surface area (Å²) >= 11 is 0. The quantitative estimate of drug-likeness (QED) is 0.416. The van der Waals surface area contributed by atoms with Crippen molar-refractivity contribution in [2.45, 2.75) is 26.9 Å². The highest BCUT2D eigenvalue weighted by atomic mass is 16.5. The Kier molecular flexibility index (Phi) is 5.33. The van der Waals surface area contributed by atoms with Gasteiger partial charge in [0.25, 0.3) is 5.56 Å². The molecular weight excluding hydrogens is 436 g/mol. The van der Waals surface area contributed by atoms with Gasteiger partial charge >= 0.3 is 0 Å². The Balaban J connectivity index is 1.61. The van der Waals surface area contributed by atoms with Gasteiger partial charge in [0.1, 0.15) is 29.9 Å². The zero-order chi connectivity index (χ0) is 23.8. The lowest BCUT2D eigenvalue weighted by molar-refractivity contribution is -0.116. The number of amides is 1. The van der Waals surface area contributed by atoms with Crippen LogP contribution in [-0.4, -0.2) is 37.3 Å². The molecule has 0 saturated carbocycles. The van der Waals surface area contributed by atoms with E-state index in [-0.39, 0.29) is 24.6 Å². The van der Waals surface area contributed by atoms with E-state index in [1.165, 1.54) is 10.9 Å². The number of benzene rings is 2. The van der Waals surface area contributed by atoms with Crippen molar-refractivity contribution in [1.82, 2.24) is 24.3 Å². The van der Waals surface area contributed by atoms with Gasteiger partial charge in [0.15, 0.2) is 5.82 Å². The second-order valence-corrected chi connectivity index (χ2v) is 8.00. The third-order valence-electron chi connectivity index (χ3n) is 5.51. The lowest BCUT2D eigenvalue weighted by atomic mass is 10.2. The lowest BCUT2D eigenvalue weighted by Gasteiger charge is -2.10. The maximum atomic E-state index is 13.5. The van der Waals surface area contributed by atoms with Crippen LogP contribution in [0.2, 0.25) is 0 Å². The van der Waals surface area contributed by atoms with Crippen LogP contribution in [0.1, 0.15) is 17.3 Å². The first-order chi connectivity index (χ1) is 16.4. The van der Waals surface area contributed by atoms with E-state index in [4.69, 9.17) is 9.26 Å². The average Bonchev–Trinajstić information content (AvgIpc) is 3.36. The number of anilines is 1. The molecule has 0 atom stereocenters. The summed E-state index contributed by atoms with van der Waals surface area (Å²) in [5.74, 6) is 1.14. The maximum Gasteiger partial charge on any atom is 0.278 e. The maximum absolute atomic E-state index is 13.5. The summed E-state index contributed by atoms with van der Waals surface area (Å²) in [5, 5.41) is 7.39. The summed E-state index contributed by atoms with van der Waals surface area (Å²) in [6.07, 6.45) is 1.44. The van der Waals surface area contributed by atoms with Gasteiger partial charge in [-0.1, -0.05) is 17.3 Å². The number of methoxy groups -OCH3 is 1. The van der Waals surface area contributed by atoms with Crippen LogP contribution in [0.15, 0.2) is 58.1 Å². The van der Waals surface area contributed by atoms with E-state index in [0.29, 0.717) is 39.7 Å². The number of carbonyl (C=O) groups excluding carboxylic acids is 1. The Hall–Kier alpha value is -4.47. The van der Waals surface area contributed by atoms with Gasteiger partial charge in [-0.15, -0.1) is 0 Å². The number of hydrogen-bond acceptors (Lipinski definition) is 7. The largest absolute Gasteiger partial charge is 0.497 e. The van der Waals surface area contributed by atoms with Crippen molar-refractivity contribution in [3.63, 3.8) is 0 Å². The van der Waals surface area contributed by atoms with E-state index in [0.717, 1.165) is 10.9 Å². The molecule has 0 saturated heterocycles. The van der Waals surface area contributed by atoms with Gasteiger partial charge in [0, 0.05) is 11.1 Å². The van der Waals surface area contributed by atoms with Crippen molar-refractivity contribution in [2.75, 3.05) is 12.4 Å². The topological polar surface area (TPSA) is 117 Å². The molecule has 1 amide bonds. The van der Waals surface area contributed by atoms with E-state index in [1.807, 2.05) is 43.3 Å². The summed E-state index contributed by atoms with van der Waals surface area (Å²) in [4.78, 5) is 35.2. The average molecular weight is 458 g/mol. The first-order valence-corrected chi connectivity index (χ1v) is 10.6. The smallest absolute Gasteiger partial charge is 0.278 e. The molecule has 172 valence electrons. The van der Waals surface area contributed by atoms with Crippen molar-refractivity contribution < 1.29 is 14.1 Å². The molecule has 0 aliphatic rings. The predicted octanol–water partition coefficient (Wildman–Crippen LogP) is 3.05. The highest BCUT2D eigenvalue weighted by Gasteiger charge is 2.20. The van der Waals surface area contributed by atoms with Crippen molar-refractivity contribution >= 4 is 33.5 Å². The molecule has 0 aliphatic heterocycles. The summed E-state index contributed by atoms with van der Waals surface area (Å²) in [6, 6.07) is 13.0. The number of hydrogen-bond donors (Lipinski definition) is 1. The predicted molar refractivity (Wildman–Crippen MR) is 126 cm³/mol. The first-order valence-electron chi connectivity index (χ1n) is 10.6. The molecule has 0 radical (unpaired) electrons. The van der Waals surface area contributed by atoms with Crippen molar-refractivity contribution in [1.29, 1.82) is 0 Å². The highest BCUT2D eigenvalue weighted by Crippen LogP contribution is 2.29. The minimum Gasteiger partial charge on any atom is -0.497 e. The molecule has 1 N–H and O–H groups in total.